The smallest absolute Gasteiger partial charge is 0.199 e. The number of Topliss-reactive ketones (excluding diaryl/α,β-unsaturated/α-hetero) is 1. The van der Waals surface area contributed by atoms with E-state index in [0.717, 1.165) is 28.1 Å². The van der Waals surface area contributed by atoms with Crippen LogP contribution >= 0.6 is 12.4 Å². The fourth-order valence-electron chi connectivity index (χ4n) is 3.72. The van der Waals surface area contributed by atoms with E-state index in [9.17, 15) is 10.1 Å². The van der Waals surface area contributed by atoms with Crippen LogP contribution in [0.2, 0.25) is 0 Å². The minimum absolute atomic E-state index is 0. The highest BCUT2D eigenvalue weighted by atomic mass is 35.5. The van der Waals surface area contributed by atoms with Crippen LogP contribution in [0.3, 0.4) is 0 Å². The van der Waals surface area contributed by atoms with Crippen molar-refractivity contribution in [1.29, 1.82) is 10.5 Å². The monoisotopic (exact) mass is 515 g/mol. The molecule has 6 nitrogen and oxygen atoms in total. The summed E-state index contributed by atoms with van der Waals surface area (Å²) < 4.78 is 0. The Balaban J connectivity index is 0.000000636. The summed E-state index contributed by atoms with van der Waals surface area (Å²) >= 11 is 0. The third-order valence-electron chi connectivity index (χ3n) is 5.68. The Morgan fingerprint density at radius 3 is 1.81 bits per heavy atom. The zero-order valence-electron chi connectivity index (χ0n) is 22.4. The van der Waals surface area contributed by atoms with Gasteiger partial charge in [-0.15, -0.1) is 12.4 Å². The van der Waals surface area contributed by atoms with E-state index >= 15 is 0 Å². The van der Waals surface area contributed by atoms with Gasteiger partial charge in [0.25, 0.3) is 0 Å². The topological polar surface area (TPSA) is 107 Å². The molecular weight excluding hydrogens is 482 g/mol. The van der Waals surface area contributed by atoms with Gasteiger partial charge in [0.2, 0.25) is 0 Å². The van der Waals surface area contributed by atoms with Crippen molar-refractivity contribution in [2.24, 2.45) is 5.73 Å². The Morgan fingerprint density at radius 2 is 1.46 bits per heavy atom. The number of rotatable bonds is 2. The number of nitrogens with zero attached hydrogens (tertiary/aromatic N) is 3. The number of benzene rings is 2. The summed E-state index contributed by atoms with van der Waals surface area (Å²) in [5, 5.41) is 20.5. The van der Waals surface area contributed by atoms with Gasteiger partial charge < -0.3 is 11.1 Å². The summed E-state index contributed by atoms with van der Waals surface area (Å²) in [6.45, 7) is 20.5. The van der Waals surface area contributed by atoms with E-state index in [1.54, 1.807) is 19.9 Å². The number of hydrogen-bond donors (Lipinski definition) is 2. The lowest BCUT2D eigenvalue weighted by molar-refractivity contribution is 0.101. The molecule has 0 saturated heterocycles. The largest absolute Gasteiger partial charge is 0.402 e. The molecule has 0 saturated carbocycles. The van der Waals surface area contributed by atoms with Gasteiger partial charge in [-0.05, 0) is 47.1 Å². The van der Waals surface area contributed by atoms with Crippen LogP contribution in [0.5, 0.6) is 0 Å². The van der Waals surface area contributed by atoms with Crippen LogP contribution in [0.1, 0.15) is 61.7 Å². The van der Waals surface area contributed by atoms with Crippen molar-refractivity contribution in [2.75, 3.05) is 0 Å². The lowest BCUT2D eigenvalue weighted by Crippen LogP contribution is -2.35. The molecule has 0 aromatic heterocycles. The van der Waals surface area contributed by atoms with Crippen LogP contribution in [0.15, 0.2) is 83.0 Å². The molecule has 2 aromatic carbocycles. The third-order valence-corrected chi connectivity index (χ3v) is 5.68. The molecule has 1 atom stereocenters. The SMILES string of the molecule is C/C(N)=C\C#N.CC(=O)c1ccc(C)cc1.Cl.[C-]#[N+]C1=C(C)NC(C)=C(C#N)C1(C)c1ccc(C)cc1. The van der Waals surface area contributed by atoms with Gasteiger partial charge in [-0.3, -0.25) is 4.79 Å². The van der Waals surface area contributed by atoms with Gasteiger partial charge in [-0.25, -0.2) is 4.85 Å². The molecule has 0 aliphatic carbocycles. The number of aryl methyl sites for hydroxylation is 2. The fourth-order valence-corrected chi connectivity index (χ4v) is 3.72. The van der Waals surface area contributed by atoms with Crippen molar-refractivity contribution >= 4 is 18.2 Å². The molecule has 1 unspecified atom stereocenters. The third kappa shape index (κ3) is 8.69. The van der Waals surface area contributed by atoms with Crippen molar-refractivity contribution in [1.82, 2.24) is 5.32 Å². The summed E-state index contributed by atoms with van der Waals surface area (Å²) in [6.07, 6.45) is 1.29. The van der Waals surface area contributed by atoms with Crippen molar-refractivity contribution in [3.63, 3.8) is 0 Å². The summed E-state index contributed by atoms with van der Waals surface area (Å²) in [6, 6.07) is 19.7. The summed E-state index contributed by atoms with van der Waals surface area (Å²) in [5.41, 5.74) is 11.9. The Kier molecular flexibility index (Phi) is 13.2. The first-order chi connectivity index (χ1) is 16.9. The lowest BCUT2D eigenvalue weighted by Gasteiger charge is -2.35. The second-order valence-electron chi connectivity index (χ2n) is 8.75. The van der Waals surface area contributed by atoms with Crippen LogP contribution in [0.4, 0.5) is 0 Å². The van der Waals surface area contributed by atoms with Gasteiger partial charge in [0, 0.05) is 28.7 Å². The number of nitriles is 2. The molecule has 0 radical (unpaired) electrons. The number of hydrogen-bond acceptors (Lipinski definition) is 5. The number of carbonyl (C=O) groups is 1. The molecular formula is C30H34ClN5O. The number of ketones is 1. The molecule has 3 rings (SSSR count). The summed E-state index contributed by atoms with van der Waals surface area (Å²) in [7, 11) is 0. The second-order valence-corrected chi connectivity index (χ2v) is 8.75. The molecule has 3 N–H and O–H groups in total. The van der Waals surface area contributed by atoms with Crippen LogP contribution in [0.25, 0.3) is 4.85 Å². The van der Waals surface area contributed by atoms with Crippen molar-refractivity contribution in [3.05, 3.63) is 117 Å². The summed E-state index contributed by atoms with van der Waals surface area (Å²) in [4.78, 5) is 14.5. The maximum atomic E-state index is 10.8. The molecule has 192 valence electrons. The van der Waals surface area contributed by atoms with E-state index in [0.29, 0.717) is 17.0 Å². The number of carbonyl (C=O) groups excluding carboxylic acids is 1. The molecule has 1 aliphatic heterocycles. The molecule has 7 heteroatoms. The number of allylic oxidation sites excluding steroid dienone is 5. The van der Waals surface area contributed by atoms with E-state index in [2.05, 4.69) is 16.2 Å². The van der Waals surface area contributed by atoms with Gasteiger partial charge in [-0.2, -0.15) is 10.5 Å². The number of nitrogens with two attached hydrogens (primary N) is 1. The number of nitrogens with one attached hydrogen (secondary N) is 1. The predicted molar refractivity (Wildman–Crippen MR) is 151 cm³/mol. The standard InChI is InChI=1S/C17H17N3.C9H10O.C4H6N2.ClH/c1-11-6-8-14(9-7-11)17(4)15(10-18)12(2)20-13(3)16(17)19-5;1-7-3-5-9(6-4-7)8(2)10;1-4(6)2-3-5;/h6-9,20H,1-4H3;3-6H,1-2H3;2H,6H2,1H3;1H/b;;4-2+;. The minimum atomic E-state index is -0.677. The Morgan fingerprint density at radius 1 is 0.973 bits per heavy atom. The van der Waals surface area contributed by atoms with Gasteiger partial charge >= 0.3 is 0 Å². The maximum absolute atomic E-state index is 10.8. The summed E-state index contributed by atoms with van der Waals surface area (Å²) in [5.74, 6) is 0.125. The zero-order valence-corrected chi connectivity index (χ0v) is 23.2. The highest BCUT2D eigenvalue weighted by Crippen LogP contribution is 2.44. The van der Waals surface area contributed by atoms with Crippen LogP contribution < -0.4 is 11.1 Å². The average molecular weight is 516 g/mol. The molecule has 37 heavy (non-hydrogen) atoms. The number of dihydropyridines is 1. The Hall–Kier alpha value is -4.31. The molecule has 2 aromatic rings. The fraction of sp³-hybridized carbons (Fsp3) is 0.267. The maximum Gasteiger partial charge on any atom is 0.199 e. The first-order valence-corrected chi connectivity index (χ1v) is 11.4. The molecule has 0 amide bonds. The van der Waals surface area contributed by atoms with Gasteiger partial charge in [0.15, 0.2) is 11.5 Å². The quantitative estimate of drug-likeness (QED) is 0.260. The van der Waals surface area contributed by atoms with Crippen LogP contribution in [-0.2, 0) is 5.41 Å². The second kappa shape index (κ2) is 14.9. The minimum Gasteiger partial charge on any atom is -0.402 e. The molecule has 0 fully saturated rings. The first-order valence-electron chi connectivity index (χ1n) is 11.4. The molecule has 0 spiro atoms. The van der Waals surface area contributed by atoms with Crippen LogP contribution in [-0.4, -0.2) is 5.78 Å². The van der Waals surface area contributed by atoms with Crippen molar-refractivity contribution in [3.8, 4) is 12.1 Å². The van der Waals surface area contributed by atoms with Gasteiger partial charge in [0.05, 0.1) is 29.7 Å². The predicted octanol–water partition coefficient (Wildman–Crippen LogP) is 6.80. The Bertz CT molecular complexity index is 1270. The lowest BCUT2D eigenvalue weighted by atomic mass is 9.71. The highest BCUT2D eigenvalue weighted by Gasteiger charge is 2.41. The average Bonchev–Trinajstić information content (AvgIpc) is 2.80. The number of halogens is 1. The van der Waals surface area contributed by atoms with Crippen molar-refractivity contribution in [2.45, 2.75) is 53.9 Å². The van der Waals surface area contributed by atoms with E-state index in [-0.39, 0.29) is 18.2 Å². The van der Waals surface area contributed by atoms with Crippen molar-refractivity contribution < 1.29 is 4.79 Å². The molecule has 1 aliphatic rings. The Labute approximate surface area is 227 Å². The normalized spacial score (nSPS) is 16.2. The first kappa shape index (κ1) is 32.7. The van der Waals surface area contributed by atoms with Gasteiger partial charge in [0.1, 0.15) is 0 Å². The van der Waals surface area contributed by atoms with E-state index in [1.807, 2.05) is 83.1 Å². The zero-order chi connectivity index (χ0) is 27.5. The molecule has 1 heterocycles. The van der Waals surface area contributed by atoms with Gasteiger partial charge in [-0.1, -0.05) is 66.6 Å². The van der Waals surface area contributed by atoms with E-state index in [4.69, 9.17) is 17.6 Å². The molecule has 0 bridgehead atoms. The van der Waals surface area contributed by atoms with E-state index in [1.165, 1.54) is 11.6 Å². The highest BCUT2D eigenvalue weighted by molar-refractivity contribution is 5.94. The van der Waals surface area contributed by atoms with Crippen LogP contribution in [0, 0.1) is 43.1 Å². The van der Waals surface area contributed by atoms with E-state index < -0.39 is 5.41 Å².